The van der Waals surface area contributed by atoms with Gasteiger partial charge in [0.1, 0.15) is 5.75 Å². The van der Waals surface area contributed by atoms with Crippen LogP contribution in [0.2, 0.25) is 0 Å². The lowest BCUT2D eigenvalue weighted by atomic mass is 10.1. The second kappa shape index (κ2) is 11.6. The Bertz CT molecular complexity index is 1840. The third kappa shape index (κ3) is 6.26. The van der Waals surface area contributed by atoms with Gasteiger partial charge in [-0.25, -0.2) is 18.4 Å². The SMILES string of the molecule is COc1cc(CO)cc(Nc2nc3ccccc3nc2NS(=O)(=O)c2cccc(NC(=O)c3ccccc3C)c2)c1. The molecule has 0 atom stereocenters. The zero-order chi connectivity index (χ0) is 29.0. The summed E-state index contributed by atoms with van der Waals surface area (Å²) in [7, 11) is -2.65. The first-order chi connectivity index (χ1) is 19.8. The molecule has 0 aliphatic carbocycles. The Morgan fingerprint density at radius 2 is 1.56 bits per heavy atom. The molecule has 0 aliphatic heterocycles. The number of nitrogens with one attached hydrogen (secondary N) is 3. The quantitative estimate of drug-likeness (QED) is 0.189. The van der Waals surface area contributed by atoms with E-state index in [1.165, 1.54) is 19.2 Å². The van der Waals surface area contributed by atoms with E-state index in [-0.39, 0.29) is 29.0 Å². The number of aryl methyl sites for hydroxylation is 1. The minimum absolute atomic E-state index is 0.0357. The van der Waals surface area contributed by atoms with Crippen LogP contribution in [-0.2, 0) is 16.6 Å². The summed E-state index contributed by atoms with van der Waals surface area (Å²) in [6.45, 7) is 1.61. The minimum Gasteiger partial charge on any atom is -0.497 e. The second-order valence-electron chi connectivity index (χ2n) is 9.16. The maximum atomic E-state index is 13.5. The molecule has 0 aliphatic rings. The molecular formula is C30H27N5O5S. The molecule has 4 aromatic carbocycles. The Hall–Kier alpha value is -5.00. The Kier molecular flexibility index (Phi) is 7.81. The van der Waals surface area contributed by atoms with Gasteiger partial charge in [-0.2, -0.15) is 0 Å². The molecule has 11 heteroatoms. The van der Waals surface area contributed by atoms with Gasteiger partial charge >= 0.3 is 0 Å². The van der Waals surface area contributed by atoms with Crippen molar-refractivity contribution < 1.29 is 23.1 Å². The summed E-state index contributed by atoms with van der Waals surface area (Å²) >= 11 is 0. The molecule has 5 aromatic rings. The molecule has 0 fully saturated rings. The number of benzene rings is 4. The molecule has 1 aromatic heterocycles. The van der Waals surface area contributed by atoms with Crippen molar-refractivity contribution in [1.29, 1.82) is 0 Å². The fraction of sp³-hybridized carbons (Fsp3) is 0.100. The van der Waals surface area contributed by atoms with Crippen LogP contribution in [0.25, 0.3) is 11.0 Å². The lowest BCUT2D eigenvalue weighted by Gasteiger charge is -2.15. The predicted molar refractivity (Wildman–Crippen MR) is 158 cm³/mol. The zero-order valence-electron chi connectivity index (χ0n) is 22.3. The Labute approximate surface area is 237 Å². The highest BCUT2D eigenvalue weighted by Crippen LogP contribution is 2.30. The number of para-hydroxylation sites is 2. The van der Waals surface area contributed by atoms with E-state index >= 15 is 0 Å². The molecular weight excluding hydrogens is 542 g/mol. The van der Waals surface area contributed by atoms with Crippen LogP contribution >= 0.6 is 0 Å². The lowest BCUT2D eigenvalue weighted by molar-refractivity contribution is 0.102. The number of ether oxygens (including phenoxy) is 1. The average molecular weight is 570 g/mol. The van der Waals surface area contributed by atoms with Crippen LogP contribution in [0.3, 0.4) is 0 Å². The van der Waals surface area contributed by atoms with Crippen molar-refractivity contribution in [3.05, 3.63) is 108 Å². The van der Waals surface area contributed by atoms with Crippen LogP contribution in [0.5, 0.6) is 5.75 Å². The van der Waals surface area contributed by atoms with Crippen LogP contribution in [0, 0.1) is 6.92 Å². The topological polar surface area (TPSA) is 143 Å². The average Bonchev–Trinajstić information content (AvgIpc) is 2.97. The lowest BCUT2D eigenvalue weighted by Crippen LogP contribution is -2.17. The van der Waals surface area contributed by atoms with Gasteiger partial charge in [-0.1, -0.05) is 36.4 Å². The van der Waals surface area contributed by atoms with E-state index in [4.69, 9.17) is 4.74 Å². The summed E-state index contributed by atoms with van der Waals surface area (Å²) in [5.41, 5.74) is 3.74. The van der Waals surface area contributed by atoms with Crippen LogP contribution in [0.4, 0.5) is 23.0 Å². The molecule has 0 radical (unpaired) electrons. The highest BCUT2D eigenvalue weighted by atomic mass is 32.2. The molecule has 0 saturated carbocycles. The van der Waals surface area contributed by atoms with E-state index < -0.39 is 10.0 Å². The summed E-state index contributed by atoms with van der Waals surface area (Å²) in [5.74, 6) is 0.261. The second-order valence-corrected chi connectivity index (χ2v) is 10.8. The normalized spacial score (nSPS) is 11.2. The van der Waals surface area contributed by atoms with Crippen molar-refractivity contribution >= 4 is 50.0 Å². The highest BCUT2D eigenvalue weighted by Gasteiger charge is 2.20. The third-order valence-electron chi connectivity index (χ3n) is 6.24. The van der Waals surface area contributed by atoms with Crippen molar-refractivity contribution in [3.63, 3.8) is 0 Å². The molecule has 208 valence electrons. The number of carbonyl (C=O) groups excluding carboxylic acids is 1. The number of fused-ring (bicyclic) bond motifs is 1. The Morgan fingerprint density at radius 3 is 2.27 bits per heavy atom. The van der Waals surface area contributed by atoms with Gasteiger partial charge in [-0.05, 0) is 66.6 Å². The first-order valence-corrected chi connectivity index (χ1v) is 14.1. The number of aromatic nitrogens is 2. The van der Waals surface area contributed by atoms with Crippen LogP contribution in [-0.4, -0.2) is 36.5 Å². The van der Waals surface area contributed by atoms with Gasteiger partial charge in [0, 0.05) is 23.0 Å². The van der Waals surface area contributed by atoms with Gasteiger partial charge in [0.25, 0.3) is 15.9 Å². The third-order valence-corrected chi connectivity index (χ3v) is 7.58. The number of methoxy groups -OCH3 is 1. The number of nitrogens with zero attached hydrogens (tertiary/aromatic N) is 2. The van der Waals surface area contributed by atoms with Crippen LogP contribution in [0.1, 0.15) is 21.5 Å². The number of anilines is 4. The number of amides is 1. The standard InChI is InChI=1S/C30H27N5O5S/c1-19-8-3-4-11-25(19)30(37)32-21-9-7-10-24(17-21)41(38,39)35-29-28(33-26-12-5-6-13-27(26)34-29)31-22-14-20(18-36)15-23(16-22)40-2/h3-17,36H,18H2,1-2H3,(H,31,33)(H,32,37)(H,34,35). The van der Waals surface area contributed by atoms with E-state index in [0.717, 1.165) is 5.56 Å². The molecule has 5 rings (SSSR count). The number of rotatable bonds is 9. The Balaban J connectivity index is 1.48. The molecule has 4 N–H and O–H groups in total. The highest BCUT2D eigenvalue weighted by molar-refractivity contribution is 7.92. The molecule has 0 unspecified atom stereocenters. The number of hydrogen-bond donors (Lipinski definition) is 4. The maximum absolute atomic E-state index is 13.5. The van der Waals surface area contributed by atoms with Gasteiger partial charge in [-0.15, -0.1) is 0 Å². The van der Waals surface area contributed by atoms with Crippen LogP contribution < -0.4 is 20.1 Å². The summed E-state index contributed by atoms with van der Waals surface area (Å²) in [4.78, 5) is 21.8. The van der Waals surface area contributed by atoms with Crippen LogP contribution in [0.15, 0.2) is 95.9 Å². The largest absolute Gasteiger partial charge is 0.497 e. The van der Waals surface area contributed by atoms with E-state index in [2.05, 4.69) is 25.3 Å². The fourth-order valence-electron chi connectivity index (χ4n) is 4.19. The molecule has 41 heavy (non-hydrogen) atoms. The van der Waals surface area contributed by atoms with Gasteiger partial charge in [0.05, 0.1) is 29.6 Å². The molecule has 1 amide bonds. The molecule has 0 saturated heterocycles. The van der Waals surface area contributed by atoms with Crippen molar-refractivity contribution in [2.45, 2.75) is 18.4 Å². The van der Waals surface area contributed by atoms with Crippen molar-refractivity contribution in [3.8, 4) is 5.75 Å². The number of aliphatic hydroxyl groups is 1. The molecule has 0 spiro atoms. The number of sulfonamides is 1. The number of carbonyl (C=O) groups is 1. The van der Waals surface area contributed by atoms with Crippen molar-refractivity contribution in [1.82, 2.24) is 9.97 Å². The first-order valence-electron chi connectivity index (χ1n) is 12.6. The zero-order valence-corrected chi connectivity index (χ0v) is 23.1. The van der Waals surface area contributed by atoms with Gasteiger partial charge < -0.3 is 20.5 Å². The van der Waals surface area contributed by atoms with Gasteiger partial charge in [-0.3, -0.25) is 9.52 Å². The monoisotopic (exact) mass is 569 g/mol. The first kappa shape index (κ1) is 27.6. The fourth-order valence-corrected chi connectivity index (χ4v) is 5.24. The molecule has 0 bridgehead atoms. The van der Waals surface area contributed by atoms with E-state index in [9.17, 15) is 18.3 Å². The smallest absolute Gasteiger partial charge is 0.263 e. The summed E-state index contributed by atoms with van der Waals surface area (Å²) < 4.78 is 34.9. The summed E-state index contributed by atoms with van der Waals surface area (Å²) in [6.07, 6.45) is 0. The number of aliphatic hydroxyl groups excluding tert-OH is 1. The summed E-state index contributed by atoms with van der Waals surface area (Å²) in [5, 5.41) is 15.5. The number of hydrogen-bond acceptors (Lipinski definition) is 8. The molecule has 10 nitrogen and oxygen atoms in total. The Morgan fingerprint density at radius 1 is 0.854 bits per heavy atom. The summed E-state index contributed by atoms with van der Waals surface area (Å²) in [6, 6.07) is 25.2. The van der Waals surface area contributed by atoms with E-state index in [1.807, 2.05) is 19.1 Å². The van der Waals surface area contributed by atoms with Gasteiger partial charge in [0.15, 0.2) is 11.6 Å². The molecule has 1 heterocycles. The maximum Gasteiger partial charge on any atom is 0.263 e. The predicted octanol–water partition coefficient (Wildman–Crippen LogP) is 5.24. The van der Waals surface area contributed by atoms with E-state index in [1.54, 1.807) is 66.7 Å². The van der Waals surface area contributed by atoms with Gasteiger partial charge in [0.2, 0.25) is 0 Å². The van der Waals surface area contributed by atoms with Crippen molar-refractivity contribution in [2.75, 3.05) is 22.5 Å². The van der Waals surface area contributed by atoms with E-state index in [0.29, 0.717) is 39.3 Å². The van der Waals surface area contributed by atoms with Crippen molar-refractivity contribution in [2.24, 2.45) is 0 Å². The minimum atomic E-state index is -4.16.